The van der Waals surface area contributed by atoms with Crippen molar-refractivity contribution >= 4 is 34.0 Å². The van der Waals surface area contributed by atoms with Gasteiger partial charge in [-0.15, -0.1) is 0 Å². The van der Waals surface area contributed by atoms with Crippen molar-refractivity contribution in [2.45, 2.75) is 64.2 Å². The van der Waals surface area contributed by atoms with Crippen LogP contribution in [0.15, 0.2) is 91.1 Å². The Balaban J connectivity index is 0.941. The normalized spacial score (nSPS) is 17.8. The first-order valence-electron chi connectivity index (χ1n) is 17.7. The first kappa shape index (κ1) is 32.6. The van der Waals surface area contributed by atoms with E-state index in [0.717, 1.165) is 80.7 Å². The minimum Gasteiger partial charge on any atom is -0.445 e. The number of nitrogens with one attached hydrogen (secondary N) is 2. The summed E-state index contributed by atoms with van der Waals surface area (Å²) >= 11 is 0. The maximum absolute atomic E-state index is 12.9. The lowest BCUT2D eigenvalue weighted by Crippen LogP contribution is -2.36. The summed E-state index contributed by atoms with van der Waals surface area (Å²) in [4.78, 5) is 45.7. The molecule has 2 saturated heterocycles. The van der Waals surface area contributed by atoms with Gasteiger partial charge < -0.3 is 24.3 Å². The van der Waals surface area contributed by atoms with Crippen molar-refractivity contribution in [3.05, 3.63) is 108 Å². The standard InChI is InChI=1S/C41H42N6O4/c1-41(2,3)51-40(49)47-18-7-10-36(47)38-43-33-16-15-30(22-34(33)44-38)28-11-12-29-21-31(14-13-27(29)20-28)35-23-42-37(45-35)32-17-19-46(24-32)39(48)50-25-26-8-5-4-6-9-26/h4-6,8-9,11-16,20-23,32,36H,7,10,17-19,24-25H2,1-3H3,(H,42,45)(H,43,44). The molecule has 2 aliphatic rings. The molecule has 10 heteroatoms. The van der Waals surface area contributed by atoms with Crippen molar-refractivity contribution in [3.8, 4) is 22.4 Å². The smallest absolute Gasteiger partial charge is 0.410 e. The van der Waals surface area contributed by atoms with Crippen LogP contribution >= 0.6 is 0 Å². The lowest BCUT2D eigenvalue weighted by Gasteiger charge is -2.27. The van der Waals surface area contributed by atoms with E-state index < -0.39 is 5.60 Å². The number of H-pyrrole nitrogens is 2. The molecule has 10 nitrogen and oxygen atoms in total. The lowest BCUT2D eigenvalue weighted by atomic mass is 9.99. The van der Waals surface area contributed by atoms with Crippen molar-refractivity contribution in [1.82, 2.24) is 29.7 Å². The molecule has 2 amide bonds. The maximum Gasteiger partial charge on any atom is 0.410 e. The number of hydrogen-bond donors (Lipinski definition) is 2. The molecule has 4 heterocycles. The SMILES string of the molecule is CC(C)(C)OC(=O)N1CCCC1c1nc2ccc(-c3ccc4cc(-c5cnc(C6CCN(C(=O)OCc7ccccc7)C6)[nH]5)ccc4c3)cc2[nH]1. The second kappa shape index (κ2) is 13.2. The predicted molar refractivity (Wildman–Crippen MR) is 197 cm³/mol. The van der Waals surface area contributed by atoms with Gasteiger partial charge >= 0.3 is 12.2 Å². The number of hydrogen-bond acceptors (Lipinski definition) is 6. The summed E-state index contributed by atoms with van der Waals surface area (Å²) in [5.41, 5.74) is 6.47. The monoisotopic (exact) mass is 682 g/mol. The molecule has 260 valence electrons. The van der Waals surface area contributed by atoms with Crippen molar-refractivity contribution in [2.24, 2.45) is 0 Å². The fraction of sp³-hybridized carbons (Fsp3) is 0.317. The van der Waals surface area contributed by atoms with E-state index in [-0.39, 0.29) is 30.8 Å². The number of ether oxygens (including phenoxy) is 2. The molecule has 0 bridgehead atoms. The second-order valence-electron chi connectivity index (χ2n) is 14.6. The van der Waals surface area contributed by atoms with E-state index in [0.29, 0.717) is 19.6 Å². The Morgan fingerprint density at radius 3 is 2.37 bits per heavy atom. The summed E-state index contributed by atoms with van der Waals surface area (Å²) in [5, 5.41) is 2.27. The first-order chi connectivity index (χ1) is 24.7. The van der Waals surface area contributed by atoms with E-state index in [1.807, 2.05) is 63.4 Å². The molecule has 0 radical (unpaired) electrons. The van der Waals surface area contributed by atoms with Crippen molar-refractivity contribution in [2.75, 3.05) is 19.6 Å². The zero-order valence-corrected chi connectivity index (χ0v) is 29.2. The number of likely N-dealkylation sites (tertiary alicyclic amines) is 2. The number of nitrogens with zero attached hydrogens (tertiary/aromatic N) is 4. The van der Waals surface area contributed by atoms with E-state index in [9.17, 15) is 9.59 Å². The van der Waals surface area contributed by atoms with Gasteiger partial charge in [-0.2, -0.15) is 0 Å². The summed E-state index contributed by atoms with van der Waals surface area (Å²) < 4.78 is 11.2. The third kappa shape index (κ3) is 6.91. The van der Waals surface area contributed by atoms with Gasteiger partial charge in [0.1, 0.15) is 23.9 Å². The molecule has 0 spiro atoms. The molecule has 0 aliphatic carbocycles. The van der Waals surface area contributed by atoms with Crippen LogP contribution in [-0.2, 0) is 16.1 Å². The van der Waals surface area contributed by atoms with E-state index in [2.05, 4.69) is 58.5 Å². The molecular weight excluding hydrogens is 640 g/mol. The molecule has 2 unspecified atom stereocenters. The first-order valence-corrected chi connectivity index (χ1v) is 17.7. The topological polar surface area (TPSA) is 116 Å². The second-order valence-corrected chi connectivity index (χ2v) is 14.6. The quantitative estimate of drug-likeness (QED) is 0.181. The summed E-state index contributed by atoms with van der Waals surface area (Å²) in [6.45, 7) is 7.83. The van der Waals surface area contributed by atoms with Gasteiger partial charge in [0.2, 0.25) is 0 Å². The van der Waals surface area contributed by atoms with Gasteiger partial charge in [-0.3, -0.25) is 4.90 Å². The average molecular weight is 683 g/mol. The third-order valence-electron chi connectivity index (χ3n) is 9.81. The van der Waals surface area contributed by atoms with Crippen molar-refractivity contribution < 1.29 is 19.1 Å². The lowest BCUT2D eigenvalue weighted by molar-refractivity contribution is 0.0219. The Kier molecular flexibility index (Phi) is 8.45. The van der Waals surface area contributed by atoms with Gasteiger partial charge in [-0.05, 0) is 91.8 Å². The zero-order chi connectivity index (χ0) is 35.1. The number of rotatable bonds is 6. The van der Waals surface area contributed by atoms with Crippen LogP contribution in [0.5, 0.6) is 0 Å². The highest BCUT2D eigenvalue weighted by Crippen LogP contribution is 2.35. The fourth-order valence-corrected chi connectivity index (χ4v) is 7.20. The van der Waals surface area contributed by atoms with E-state index >= 15 is 0 Å². The maximum atomic E-state index is 12.9. The molecule has 2 aromatic heterocycles. The van der Waals surface area contributed by atoms with Gasteiger partial charge in [-0.1, -0.05) is 60.7 Å². The highest BCUT2D eigenvalue weighted by atomic mass is 16.6. The molecule has 6 aromatic rings. The summed E-state index contributed by atoms with van der Waals surface area (Å²) in [6.07, 6.45) is 3.91. The van der Waals surface area contributed by atoms with Gasteiger partial charge in [0.05, 0.1) is 29.0 Å². The third-order valence-corrected chi connectivity index (χ3v) is 9.81. The molecule has 4 aromatic carbocycles. The number of carbonyl (C=O) groups is 2. The number of imidazole rings is 2. The Labute approximate surface area is 296 Å². The summed E-state index contributed by atoms with van der Waals surface area (Å²) in [6, 6.07) is 28.8. The van der Waals surface area contributed by atoms with Crippen LogP contribution in [-0.4, -0.2) is 67.2 Å². The molecule has 2 atom stereocenters. The molecular formula is C41H42N6O4. The van der Waals surface area contributed by atoms with Crippen LogP contribution in [0.4, 0.5) is 9.59 Å². The molecule has 2 fully saturated rings. The molecule has 2 N–H and O–H groups in total. The Hall–Kier alpha value is -5.64. The fourth-order valence-electron chi connectivity index (χ4n) is 7.20. The van der Waals surface area contributed by atoms with Gasteiger partial charge in [-0.25, -0.2) is 19.6 Å². The van der Waals surface area contributed by atoms with Crippen LogP contribution in [0.1, 0.15) is 69.2 Å². The Morgan fingerprint density at radius 2 is 1.57 bits per heavy atom. The number of benzene rings is 4. The number of carbonyl (C=O) groups excluding carboxylic acids is 2. The highest BCUT2D eigenvalue weighted by molar-refractivity contribution is 5.92. The number of aromatic amines is 2. The van der Waals surface area contributed by atoms with Crippen LogP contribution in [0.25, 0.3) is 44.2 Å². The van der Waals surface area contributed by atoms with E-state index in [4.69, 9.17) is 19.4 Å². The van der Waals surface area contributed by atoms with E-state index in [1.165, 1.54) is 0 Å². The number of aromatic nitrogens is 4. The molecule has 2 aliphatic heterocycles. The summed E-state index contributed by atoms with van der Waals surface area (Å²) in [5.74, 6) is 1.82. The van der Waals surface area contributed by atoms with Gasteiger partial charge in [0.15, 0.2) is 0 Å². The Bertz CT molecular complexity index is 2220. The highest BCUT2D eigenvalue weighted by Gasteiger charge is 2.35. The van der Waals surface area contributed by atoms with Crippen LogP contribution in [0, 0.1) is 0 Å². The number of fused-ring (bicyclic) bond motifs is 2. The minimum atomic E-state index is -0.543. The molecule has 51 heavy (non-hydrogen) atoms. The average Bonchev–Trinajstić information content (AvgIpc) is 3.95. The predicted octanol–water partition coefficient (Wildman–Crippen LogP) is 8.97. The summed E-state index contributed by atoms with van der Waals surface area (Å²) in [7, 11) is 0. The van der Waals surface area contributed by atoms with E-state index in [1.54, 1.807) is 9.80 Å². The Morgan fingerprint density at radius 1 is 0.824 bits per heavy atom. The molecule has 8 rings (SSSR count). The van der Waals surface area contributed by atoms with Crippen LogP contribution in [0.3, 0.4) is 0 Å². The zero-order valence-electron chi connectivity index (χ0n) is 29.2. The molecule has 0 saturated carbocycles. The van der Waals surface area contributed by atoms with Crippen LogP contribution < -0.4 is 0 Å². The van der Waals surface area contributed by atoms with Gasteiger partial charge in [0, 0.05) is 31.1 Å². The van der Waals surface area contributed by atoms with Crippen LogP contribution in [0.2, 0.25) is 0 Å². The van der Waals surface area contributed by atoms with Crippen molar-refractivity contribution in [1.29, 1.82) is 0 Å². The largest absolute Gasteiger partial charge is 0.445 e. The van der Waals surface area contributed by atoms with Crippen molar-refractivity contribution in [3.63, 3.8) is 0 Å². The number of amides is 2. The van der Waals surface area contributed by atoms with Gasteiger partial charge in [0.25, 0.3) is 0 Å². The minimum absolute atomic E-state index is 0.127.